The second kappa shape index (κ2) is 12.5. The van der Waals surface area contributed by atoms with Crippen LogP contribution in [-0.2, 0) is 5.41 Å². The molecule has 8 aromatic carbocycles. The first-order valence-corrected chi connectivity index (χ1v) is 21.4. The number of fused-ring (bicyclic) bond motifs is 12. The minimum atomic E-state index is -0.214. The van der Waals surface area contributed by atoms with E-state index in [-0.39, 0.29) is 5.41 Å². The van der Waals surface area contributed by atoms with Crippen molar-refractivity contribution in [2.24, 2.45) is 0 Å². The SMILES string of the molecule is Cc1ccccc1N(c1ccccc1)c1ccc2c3cc4c(cc3n3c2c1C1(C)CC=CC=C31)c1ccc(N(c2ccccc2)c2ccccc2C)c2c3ccccc3n4c12. The Morgan fingerprint density at radius 3 is 1.72 bits per heavy atom. The van der Waals surface area contributed by atoms with E-state index >= 15 is 0 Å². The van der Waals surface area contributed by atoms with Gasteiger partial charge in [0.05, 0.1) is 39.0 Å². The fourth-order valence-corrected chi connectivity index (χ4v) is 11.1. The predicted molar refractivity (Wildman–Crippen MR) is 258 cm³/mol. The zero-order chi connectivity index (χ0) is 40.6. The topological polar surface area (TPSA) is 15.8 Å². The molecule has 0 saturated heterocycles. The Bertz CT molecular complexity index is 3660. The molecule has 290 valence electrons. The average molecular weight is 783 g/mol. The predicted octanol–water partition coefficient (Wildman–Crippen LogP) is 15.6. The molecule has 2 aliphatic rings. The molecular formula is C57H42N4. The zero-order valence-corrected chi connectivity index (χ0v) is 34.4. The highest BCUT2D eigenvalue weighted by atomic mass is 15.2. The normalized spacial score (nSPS) is 15.8. The van der Waals surface area contributed by atoms with Gasteiger partial charge in [0, 0.05) is 71.7 Å². The van der Waals surface area contributed by atoms with Gasteiger partial charge in [0.25, 0.3) is 0 Å². The Kier molecular flexibility index (Phi) is 7.02. The average Bonchev–Trinajstić information content (AvgIpc) is 4.00. The van der Waals surface area contributed by atoms with Gasteiger partial charge < -0.3 is 18.8 Å². The van der Waals surface area contributed by atoms with Crippen LogP contribution in [-0.4, -0.2) is 8.97 Å². The summed E-state index contributed by atoms with van der Waals surface area (Å²) in [7, 11) is 0. The Morgan fingerprint density at radius 2 is 1.03 bits per heavy atom. The largest absolute Gasteiger partial charge is 0.312 e. The smallest absolute Gasteiger partial charge is 0.0641 e. The Labute approximate surface area is 354 Å². The van der Waals surface area contributed by atoms with Crippen molar-refractivity contribution in [3.8, 4) is 0 Å². The molecule has 0 spiro atoms. The van der Waals surface area contributed by atoms with Gasteiger partial charge in [0.1, 0.15) is 0 Å². The van der Waals surface area contributed by atoms with E-state index in [4.69, 9.17) is 0 Å². The molecule has 1 aliphatic heterocycles. The van der Waals surface area contributed by atoms with Crippen LogP contribution < -0.4 is 9.80 Å². The van der Waals surface area contributed by atoms with Crippen LogP contribution in [0.2, 0.25) is 0 Å². The summed E-state index contributed by atoms with van der Waals surface area (Å²) in [4.78, 5) is 4.94. The van der Waals surface area contributed by atoms with E-state index in [1.807, 2.05) is 0 Å². The van der Waals surface area contributed by atoms with Gasteiger partial charge in [-0.25, -0.2) is 0 Å². The number of hydrogen-bond acceptors (Lipinski definition) is 2. The van der Waals surface area contributed by atoms with Crippen molar-refractivity contribution in [1.29, 1.82) is 0 Å². The number of anilines is 6. The number of aromatic nitrogens is 2. The van der Waals surface area contributed by atoms with Crippen LogP contribution in [0.25, 0.3) is 65.6 Å². The molecule has 0 saturated carbocycles. The lowest BCUT2D eigenvalue weighted by Crippen LogP contribution is -2.25. The number of benzene rings is 8. The number of allylic oxidation sites excluding steroid dienone is 4. The molecule has 4 nitrogen and oxygen atoms in total. The Hall–Kier alpha value is -7.56. The highest BCUT2D eigenvalue weighted by Gasteiger charge is 2.45. The molecule has 4 heterocycles. The van der Waals surface area contributed by atoms with Crippen molar-refractivity contribution in [3.63, 3.8) is 0 Å². The van der Waals surface area contributed by atoms with Crippen LogP contribution in [0.5, 0.6) is 0 Å². The van der Waals surface area contributed by atoms with Gasteiger partial charge in [0.2, 0.25) is 0 Å². The van der Waals surface area contributed by atoms with Crippen LogP contribution >= 0.6 is 0 Å². The third kappa shape index (κ3) is 4.54. The summed E-state index contributed by atoms with van der Waals surface area (Å²) in [5.41, 5.74) is 18.4. The quantitative estimate of drug-likeness (QED) is 0.167. The third-order valence-electron chi connectivity index (χ3n) is 13.8. The summed E-state index contributed by atoms with van der Waals surface area (Å²) in [6, 6.07) is 62.7. The molecule has 1 aliphatic carbocycles. The molecule has 11 aromatic rings. The number of rotatable bonds is 6. The molecule has 3 aromatic heterocycles. The van der Waals surface area contributed by atoms with Gasteiger partial charge in [-0.2, -0.15) is 0 Å². The van der Waals surface area contributed by atoms with E-state index in [1.165, 1.54) is 105 Å². The van der Waals surface area contributed by atoms with Crippen molar-refractivity contribution < 1.29 is 0 Å². The lowest BCUT2D eigenvalue weighted by Gasteiger charge is -2.35. The van der Waals surface area contributed by atoms with E-state index in [2.05, 4.69) is 228 Å². The molecule has 1 unspecified atom stereocenters. The molecular weight excluding hydrogens is 741 g/mol. The van der Waals surface area contributed by atoms with Crippen molar-refractivity contribution in [3.05, 3.63) is 205 Å². The Morgan fingerprint density at radius 1 is 0.475 bits per heavy atom. The number of para-hydroxylation sites is 5. The summed E-state index contributed by atoms with van der Waals surface area (Å²) in [5.74, 6) is 0. The third-order valence-corrected chi connectivity index (χ3v) is 13.8. The minimum Gasteiger partial charge on any atom is -0.312 e. The molecule has 0 bridgehead atoms. The molecule has 0 fully saturated rings. The van der Waals surface area contributed by atoms with Crippen LogP contribution in [0.1, 0.15) is 30.0 Å². The number of aryl methyl sites for hydroxylation is 2. The standard InChI is InChI=1S/C57H42N4/c1-36-18-10-13-25-45(36)58(38-20-6-4-7-21-38)48-31-29-40-43-35-51-44(34-50(43)60-47-27-15-12-24-42(47)53(48)55(40)60)41-30-32-49(54-56(41)61(51)52-28-16-17-33-57(52,54)3)59(39-22-8-5-9-23-39)46-26-14-11-19-37(46)2/h4-32,34-35H,33H2,1-3H3. The summed E-state index contributed by atoms with van der Waals surface area (Å²) in [5, 5.41) is 7.67. The zero-order valence-electron chi connectivity index (χ0n) is 34.4. The van der Waals surface area contributed by atoms with Crippen LogP contribution in [0, 0.1) is 13.8 Å². The van der Waals surface area contributed by atoms with E-state index in [0.717, 1.165) is 17.8 Å². The summed E-state index contributed by atoms with van der Waals surface area (Å²) < 4.78 is 5.16. The molecule has 1 atom stereocenters. The van der Waals surface area contributed by atoms with Crippen molar-refractivity contribution in [2.75, 3.05) is 9.80 Å². The minimum absolute atomic E-state index is 0.214. The number of nitrogens with zero attached hydrogens (tertiary/aromatic N) is 4. The van der Waals surface area contributed by atoms with Gasteiger partial charge in [0.15, 0.2) is 0 Å². The molecule has 0 radical (unpaired) electrons. The lowest BCUT2D eigenvalue weighted by atomic mass is 9.74. The Balaban J connectivity index is 1.13. The molecule has 0 N–H and O–H groups in total. The van der Waals surface area contributed by atoms with Crippen LogP contribution in [0.3, 0.4) is 0 Å². The van der Waals surface area contributed by atoms with Gasteiger partial charge in [-0.15, -0.1) is 0 Å². The van der Waals surface area contributed by atoms with Gasteiger partial charge in [-0.05, 0) is 111 Å². The van der Waals surface area contributed by atoms with Crippen molar-refractivity contribution in [1.82, 2.24) is 8.97 Å². The first-order valence-electron chi connectivity index (χ1n) is 21.4. The second-order valence-corrected chi connectivity index (χ2v) is 17.2. The van der Waals surface area contributed by atoms with E-state index in [1.54, 1.807) is 0 Å². The van der Waals surface area contributed by atoms with E-state index in [9.17, 15) is 0 Å². The first-order chi connectivity index (χ1) is 30.0. The lowest BCUT2D eigenvalue weighted by molar-refractivity contribution is 0.623. The molecule has 61 heavy (non-hydrogen) atoms. The summed E-state index contributed by atoms with van der Waals surface area (Å²) >= 11 is 0. The van der Waals surface area contributed by atoms with Gasteiger partial charge >= 0.3 is 0 Å². The van der Waals surface area contributed by atoms with E-state index in [0.29, 0.717) is 0 Å². The number of hydrogen-bond donors (Lipinski definition) is 0. The fourth-order valence-electron chi connectivity index (χ4n) is 11.1. The van der Waals surface area contributed by atoms with E-state index < -0.39 is 0 Å². The van der Waals surface area contributed by atoms with Crippen molar-refractivity contribution >= 4 is 99.7 Å². The van der Waals surface area contributed by atoms with Crippen LogP contribution in [0.15, 0.2) is 188 Å². The highest BCUT2D eigenvalue weighted by Crippen LogP contribution is 2.58. The van der Waals surface area contributed by atoms with Gasteiger partial charge in [-0.1, -0.05) is 115 Å². The van der Waals surface area contributed by atoms with Crippen molar-refractivity contribution in [2.45, 2.75) is 32.6 Å². The maximum Gasteiger partial charge on any atom is 0.0641 e. The molecule has 0 amide bonds. The summed E-state index contributed by atoms with van der Waals surface area (Å²) in [6.45, 7) is 6.90. The van der Waals surface area contributed by atoms with Gasteiger partial charge in [-0.3, -0.25) is 0 Å². The maximum absolute atomic E-state index is 2.61. The maximum atomic E-state index is 2.61. The molecule has 4 heteroatoms. The fraction of sp³-hybridized carbons (Fsp3) is 0.0877. The summed E-state index contributed by atoms with van der Waals surface area (Å²) in [6.07, 6.45) is 7.92. The highest BCUT2D eigenvalue weighted by molar-refractivity contribution is 6.30. The van der Waals surface area contributed by atoms with Crippen LogP contribution in [0.4, 0.5) is 34.1 Å². The molecule has 13 rings (SSSR count). The second-order valence-electron chi connectivity index (χ2n) is 17.2. The monoisotopic (exact) mass is 782 g/mol. The first kappa shape index (κ1) is 34.3.